The summed E-state index contributed by atoms with van der Waals surface area (Å²) in [6.07, 6.45) is 3.94. The molecule has 4 saturated heterocycles. The lowest BCUT2D eigenvalue weighted by Gasteiger charge is -2.51. The minimum Gasteiger partial charge on any atom is -0.496 e. The van der Waals surface area contributed by atoms with Crippen molar-refractivity contribution in [1.29, 1.82) is 0 Å². The second kappa shape index (κ2) is 6.16. The van der Waals surface area contributed by atoms with Gasteiger partial charge >= 0.3 is 0 Å². The highest BCUT2D eigenvalue weighted by molar-refractivity contribution is 5.92. The molecule has 2 aromatic rings. The predicted molar refractivity (Wildman–Crippen MR) is 97.4 cm³/mol. The maximum atomic E-state index is 13.2. The number of carbonyl (C=O) groups is 1. The highest BCUT2D eigenvalue weighted by Gasteiger charge is 2.55. The maximum absolute atomic E-state index is 13.2. The maximum Gasteiger partial charge on any atom is 0.289 e. The van der Waals surface area contributed by atoms with Crippen LogP contribution in [0.25, 0.3) is 0 Å². The van der Waals surface area contributed by atoms with Gasteiger partial charge in [-0.05, 0) is 50.0 Å². The molecule has 5 heterocycles. The molecule has 26 heavy (non-hydrogen) atoms. The van der Waals surface area contributed by atoms with Crippen LogP contribution in [-0.4, -0.2) is 54.5 Å². The second-order valence-electron chi connectivity index (χ2n) is 7.64. The second-order valence-corrected chi connectivity index (χ2v) is 7.64. The summed E-state index contributed by atoms with van der Waals surface area (Å²) in [5.41, 5.74) is 1.22. The van der Waals surface area contributed by atoms with E-state index in [0.717, 1.165) is 25.4 Å². The summed E-state index contributed by atoms with van der Waals surface area (Å²) in [5.74, 6) is 2.25. The van der Waals surface area contributed by atoms with Crippen LogP contribution in [-0.2, 0) is 0 Å². The number of fused-ring (bicyclic) bond motifs is 2. The van der Waals surface area contributed by atoms with Crippen molar-refractivity contribution in [3.63, 3.8) is 0 Å². The first-order valence-electron chi connectivity index (χ1n) is 9.49. The summed E-state index contributed by atoms with van der Waals surface area (Å²) in [5, 5.41) is 0. The molecule has 4 fully saturated rings. The molecule has 5 nitrogen and oxygen atoms in total. The van der Waals surface area contributed by atoms with E-state index in [2.05, 4.69) is 21.9 Å². The van der Waals surface area contributed by atoms with Crippen molar-refractivity contribution < 1.29 is 13.9 Å². The Hall–Kier alpha value is -2.27. The van der Waals surface area contributed by atoms with Gasteiger partial charge in [0.25, 0.3) is 5.91 Å². The molecule has 5 heteroatoms. The summed E-state index contributed by atoms with van der Waals surface area (Å²) in [4.78, 5) is 17.8. The summed E-state index contributed by atoms with van der Waals surface area (Å²) in [6, 6.07) is 12.5. The summed E-state index contributed by atoms with van der Waals surface area (Å²) >= 11 is 0. The predicted octanol–water partition coefficient (Wildman–Crippen LogP) is 2.99. The number of carbonyl (C=O) groups excluding carboxylic acids is 1. The average molecular weight is 352 g/mol. The number of likely N-dealkylation sites (tertiary alicyclic amines) is 1. The van der Waals surface area contributed by atoms with Gasteiger partial charge < -0.3 is 14.1 Å². The molecule has 4 aliphatic heterocycles. The van der Waals surface area contributed by atoms with E-state index in [-0.39, 0.29) is 17.9 Å². The SMILES string of the molecule is COc1ccccc1[C@H]1CN(C(=O)c2ccco2)[C@@H]2C3CCN(CC3)[C@H]12. The molecule has 0 radical (unpaired) electrons. The molecule has 0 unspecified atom stereocenters. The molecule has 136 valence electrons. The molecule has 1 aromatic heterocycles. The van der Waals surface area contributed by atoms with Crippen LogP contribution < -0.4 is 4.74 Å². The van der Waals surface area contributed by atoms with E-state index < -0.39 is 0 Å². The van der Waals surface area contributed by atoms with Gasteiger partial charge in [-0.2, -0.15) is 0 Å². The number of piperidine rings is 3. The molecule has 4 aliphatic rings. The molecular formula is C21H24N2O3. The normalized spacial score (nSPS) is 32.5. The number of furan rings is 1. The molecule has 0 spiro atoms. The van der Waals surface area contributed by atoms with Gasteiger partial charge in [0.05, 0.1) is 19.4 Å². The van der Waals surface area contributed by atoms with Gasteiger partial charge in [-0.15, -0.1) is 0 Å². The fourth-order valence-electron chi connectivity index (χ4n) is 5.44. The first-order valence-corrected chi connectivity index (χ1v) is 9.49. The Kier molecular flexibility index (Phi) is 3.78. The highest BCUT2D eigenvalue weighted by atomic mass is 16.5. The lowest BCUT2D eigenvalue weighted by molar-refractivity contribution is -0.00438. The third-order valence-electron chi connectivity index (χ3n) is 6.53. The number of rotatable bonds is 3. The van der Waals surface area contributed by atoms with Crippen LogP contribution in [0.2, 0.25) is 0 Å². The van der Waals surface area contributed by atoms with Crippen molar-refractivity contribution in [3.05, 3.63) is 54.0 Å². The molecule has 3 atom stereocenters. The molecule has 1 amide bonds. The van der Waals surface area contributed by atoms with Crippen molar-refractivity contribution in [2.24, 2.45) is 5.92 Å². The summed E-state index contributed by atoms with van der Waals surface area (Å²) in [7, 11) is 1.73. The Bertz CT molecular complexity index is 795. The van der Waals surface area contributed by atoms with Crippen LogP contribution in [0.15, 0.2) is 47.1 Å². The fourth-order valence-corrected chi connectivity index (χ4v) is 5.44. The number of hydrogen-bond donors (Lipinski definition) is 0. The molecule has 1 aromatic carbocycles. The first kappa shape index (κ1) is 15.9. The Balaban J connectivity index is 1.56. The Labute approximate surface area is 153 Å². The zero-order valence-corrected chi connectivity index (χ0v) is 15.0. The van der Waals surface area contributed by atoms with E-state index >= 15 is 0 Å². The molecular weight excluding hydrogens is 328 g/mol. The van der Waals surface area contributed by atoms with Crippen molar-refractivity contribution >= 4 is 5.91 Å². The standard InChI is InChI=1S/C21H24N2O3/c1-25-17-6-3-2-5-15(17)16-13-23(21(24)18-7-4-12-26-18)19-14-8-10-22(11-9-14)20(16)19/h2-7,12,14,16,19-20H,8-11,13H2,1H3/t16-,19-,20-/m1/s1. The van der Waals surface area contributed by atoms with Crippen molar-refractivity contribution in [1.82, 2.24) is 9.80 Å². The van der Waals surface area contributed by atoms with Gasteiger partial charge in [0.15, 0.2) is 5.76 Å². The van der Waals surface area contributed by atoms with Gasteiger partial charge in [-0.1, -0.05) is 18.2 Å². The van der Waals surface area contributed by atoms with Gasteiger partial charge in [-0.25, -0.2) is 0 Å². The molecule has 0 aliphatic carbocycles. The summed E-state index contributed by atoms with van der Waals surface area (Å²) in [6.45, 7) is 3.00. The highest BCUT2D eigenvalue weighted by Crippen LogP contribution is 2.48. The average Bonchev–Trinajstić information content (AvgIpc) is 3.37. The topological polar surface area (TPSA) is 45.9 Å². The van der Waals surface area contributed by atoms with Gasteiger partial charge in [0.1, 0.15) is 5.75 Å². The number of amides is 1. The first-order chi connectivity index (χ1) is 12.8. The number of para-hydroxylation sites is 1. The van der Waals surface area contributed by atoms with Crippen molar-refractivity contribution in [2.75, 3.05) is 26.7 Å². The number of methoxy groups -OCH3 is 1. The fraction of sp³-hybridized carbons (Fsp3) is 0.476. The van der Waals surface area contributed by atoms with Gasteiger partial charge in [0, 0.05) is 24.1 Å². The van der Waals surface area contributed by atoms with Crippen LogP contribution in [0.3, 0.4) is 0 Å². The largest absolute Gasteiger partial charge is 0.496 e. The number of hydrogen-bond acceptors (Lipinski definition) is 4. The quantitative estimate of drug-likeness (QED) is 0.852. The van der Waals surface area contributed by atoms with Crippen LogP contribution in [0.4, 0.5) is 0 Å². The lowest BCUT2D eigenvalue weighted by atomic mass is 9.75. The zero-order valence-electron chi connectivity index (χ0n) is 15.0. The zero-order chi connectivity index (χ0) is 17.7. The van der Waals surface area contributed by atoms with Crippen molar-refractivity contribution in [3.8, 4) is 5.75 Å². The van der Waals surface area contributed by atoms with E-state index in [1.807, 2.05) is 12.1 Å². The molecule has 0 saturated carbocycles. The number of benzene rings is 1. The van der Waals surface area contributed by atoms with E-state index in [1.54, 1.807) is 25.5 Å². The molecule has 2 bridgehead atoms. The van der Waals surface area contributed by atoms with Crippen LogP contribution in [0, 0.1) is 5.92 Å². The van der Waals surface area contributed by atoms with E-state index in [1.165, 1.54) is 18.4 Å². The summed E-state index contributed by atoms with van der Waals surface area (Å²) < 4.78 is 11.1. The Morgan fingerprint density at radius 3 is 2.65 bits per heavy atom. The van der Waals surface area contributed by atoms with Crippen LogP contribution in [0.5, 0.6) is 5.75 Å². The Morgan fingerprint density at radius 2 is 1.92 bits per heavy atom. The van der Waals surface area contributed by atoms with Crippen LogP contribution in [0.1, 0.15) is 34.9 Å². The monoisotopic (exact) mass is 352 g/mol. The third-order valence-corrected chi connectivity index (χ3v) is 6.53. The van der Waals surface area contributed by atoms with Gasteiger partial charge in [-0.3, -0.25) is 9.69 Å². The van der Waals surface area contributed by atoms with E-state index in [4.69, 9.17) is 9.15 Å². The van der Waals surface area contributed by atoms with E-state index in [9.17, 15) is 4.79 Å². The number of ether oxygens (including phenoxy) is 1. The number of nitrogens with zero attached hydrogens (tertiary/aromatic N) is 2. The lowest BCUT2D eigenvalue weighted by Crippen LogP contribution is -2.60. The van der Waals surface area contributed by atoms with Crippen molar-refractivity contribution in [2.45, 2.75) is 30.8 Å². The van der Waals surface area contributed by atoms with Crippen LogP contribution >= 0.6 is 0 Å². The molecule has 0 N–H and O–H groups in total. The smallest absolute Gasteiger partial charge is 0.289 e. The van der Waals surface area contributed by atoms with Gasteiger partial charge in [0.2, 0.25) is 0 Å². The molecule has 6 rings (SSSR count). The third kappa shape index (κ3) is 2.30. The van der Waals surface area contributed by atoms with E-state index in [0.29, 0.717) is 17.7 Å². The minimum atomic E-state index is 0.0242. The minimum absolute atomic E-state index is 0.0242. The Morgan fingerprint density at radius 1 is 1.12 bits per heavy atom.